The van der Waals surface area contributed by atoms with Gasteiger partial charge in [0.05, 0.1) is 5.92 Å². The number of thiophene rings is 1. The Kier molecular flexibility index (Phi) is 4.51. The minimum atomic E-state index is -2.03. The Balaban J connectivity index is 1.58. The van der Waals surface area contributed by atoms with Crippen molar-refractivity contribution in [1.82, 2.24) is 0 Å². The van der Waals surface area contributed by atoms with Gasteiger partial charge in [-0.2, -0.15) is 0 Å². The van der Waals surface area contributed by atoms with E-state index in [1.165, 1.54) is 11.3 Å². The molecule has 2 atom stereocenters. The maximum Gasteiger partial charge on any atom is 0.204 e. The average Bonchev–Trinajstić information content (AvgIpc) is 3.65. The van der Waals surface area contributed by atoms with E-state index in [1.54, 1.807) is 60.7 Å². The Morgan fingerprint density at radius 3 is 1.65 bits per heavy atom. The number of aryl methyl sites for hydroxylation is 1. The van der Waals surface area contributed by atoms with Gasteiger partial charge in [0.15, 0.2) is 11.6 Å². The van der Waals surface area contributed by atoms with E-state index in [1.807, 2.05) is 36.6 Å². The van der Waals surface area contributed by atoms with Crippen LogP contribution in [-0.4, -0.2) is 28.7 Å². The van der Waals surface area contributed by atoms with Crippen LogP contribution in [-0.2, 0) is 4.74 Å². The number of carbonyl (C=O) groups is 4. The zero-order valence-corrected chi connectivity index (χ0v) is 20.6. The molecule has 180 valence electrons. The normalized spacial score (nSPS) is 22.7. The van der Waals surface area contributed by atoms with Gasteiger partial charge in [0.25, 0.3) is 0 Å². The summed E-state index contributed by atoms with van der Waals surface area (Å²) < 4.78 is 6.66. The summed E-state index contributed by atoms with van der Waals surface area (Å²) in [5.74, 6) is -2.95. The van der Waals surface area contributed by atoms with Crippen molar-refractivity contribution < 1.29 is 23.9 Å². The topological polar surface area (TPSA) is 77.5 Å². The monoisotopic (exact) mass is 504 g/mol. The number of hydrogen-bond acceptors (Lipinski definition) is 6. The molecule has 7 rings (SSSR count). The second kappa shape index (κ2) is 7.51. The summed E-state index contributed by atoms with van der Waals surface area (Å²) in [6, 6.07) is 24.3. The average molecular weight is 505 g/mol. The molecule has 2 heterocycles. The first-order valence-corrected chi connectivity index (χ1v) is 13.0. The molecule has 3 aliphatic rings. The third-order valence-electron chi connectivity index (χ3n) is 8.05. The third-order valence-corrected chi connectivity index (χ3v) is 8.98. The molecular formula is C31H20O5S. The largest absolute Gasteiger partial charge is 0.348 e. The molecule has 2 aliphatic carbocycles. The number of ether oxygens (including phenoxy) is 1. The van der Waals surface area contributed by atoms with Crippen LogP contribution < -0.4 is 0 Å². The van der Waals surface area contributed by atoms with Gasteiger partial charge in [0, 0.05) is 27.1 Å². The summed E-state index contributed by atoms with van der Waals surface area (Å²) >= 11 is 1.32. The molecule has 0 saturated carbocycles. The number of hydrogen-bond donors (Lipinski definition) is 0. The molecule has 4 aromatic rings. The molecule has 1 fully saturated rings. The van der Waals surface area contributed by atoms with Crippen molar-refractivity contribution in [1.29, 1.82) is 0 Å². The Hall–Kier alpha value is -4.00. The highest BCUT2D eigenvalue weighted by Crippen LogP contribution is 2.68. The Morgan fingerprint density at radius 1 is 0.649 bits per heavy atom. The van der Waals surface area contributed by atoms with E-state index in [9.17, 15) is 19.2 Å². The van der Waals surface area contributed by atoms with Crippen LogP contribution in [0.2, 0.25) is 0 Å². The number of benzene rings is 3. The van der Waals surface area contributed by atoms with E-state index in [-0.39, 0.29) is 11.1 Å². The fourth-order valence-corrected chi connectivity index (χ4v) is 7.41. The highest BCUT2D eigenvalue weighted by Gasteiger charge is 2.79. The molecule has 5 nitrogen and oxygen atoms in total. The molecule has 0 amide bonds. The van der Waals surface area contributed by atoms with Crippen molar-refractivity contribution in [2.24, 2.45) is 5.41 Å². The third kappa shape index (κ3) is 2.56. The molecule has 0 unspecified atom stereocenters. The zero-order valence-electron chi connectivity index (χ0n) is 19.8. The fourth-order valence-electron chi connectivity index (χ4n) is 6.45. The van der Waals surface area contributed by atoms with Crippen molar-refractivity contribution in [2.45, 2.75) is 24.5 Å². The van der Waals surface area contributed by atoms with E-state index in [0.717, 1.165) is 5.56 Å². The summed E-state index contributed by atoms with van der Waals surface area (Å²) in [7, 11) is 0. The maximum atomic E-state index is 14.5. The highest BCUT2D eigenvalue weighted by molar-refractivity contribution is 7.10. The lowest BCUT2D eigenvalue weighted by atomic mass is 9.61. The first-order valence-electron chi connectivity index (χ1n) is 12.1. The van der Waals surface area contributed by atoms with Crippen LogP contribution in [0.5, 0.6) is 0 Å². The number of rotatable bonds is 2. The van der Waals surface area contributed by atoms with Crippen LogP contribution in [0.3, 0.4) is 0 Å². The summed E-state index contributed by atoms with van der Waals surface area (Å²) in [5, 5.41) is 1.82. The van der Waals surface area contributed by atoms with Gasteiger partial charge in [-0.1, -0.05) is 84.4 Å². The number of carbonyl (C=O) groups excluding carboxylic acids is 4. The molecule has 0 bridgehead atoms. The van der Waals surface area contributed by atoms with Crippen molar-refractivity contribution in [3.63, 3.8) is 0 Å². The van der Waals surface area contributed by atoms with Crippen molar-refractivity contribution in [3.8, 4) is 0 Å². The lowest BCUT2D eigenvalue weighted by Crippen LogP contribution is -2.50. The molecule has 37 heavy (non-hydrogen) atoms. The lowest BCUT2D eigenvalue weighted by Gasteiger charge is -2.33. The van der Waals surface area contributed by atoms with Gasteiger partial charge in [0.1, 0.15) is 11.5 Å². The molecule has 2 spiro atoms. The van der Waals surface area contributed by atoms with E-state index in [2.05, 4.69) is 0 Å². The van der Waals surface area contributed by atoms with Crippen LogP contribution in [0.1, 0.15) is 69.5 Å². The standard InChI is InChI=1S/C31H20O5S/c1-17-12-14-18(15-13-17)29-30(25(32)19-7-2-3-8-20(19)26(30)33)24(23-11-6-16-37-23)31(36-29)27(34)21-9-4-5-10-22(21)28(31)35/h2-16,24,29H,1H3/t24-,29-/m1/s1. The Bertz CT molecular complexity index is 1580. The quantitative estimate of drug-likeness (QED) is 0.323. The van der Waals surface area contributed by atoms with E-state index in [4.69, 9.17) is 4.74 Å². The predicted molar refractivity (Wildman–Crippen MR) is 137 cm³/mol. The Morgan fingerprint density at radius 2 is 1.16 bits per heavy atom. The van der Waals surface area contributed by atoms with Crippen molar-refractivity contribution in [3.05, 3.63) is 129 Å². The summed E-state index contributed by atoms with van der Waals surface area (Å²) in [6.45, 7) is 1.94. The number of ketones is 4. The number of Topliss-reactive ketones (excluding diaryl/α,β-unsaturated/α-hetero) is 4. The molecule has 1 aromatic heterocycles. The van der Waals surface area contributed by atoms with Crippen LogP contribution in [0.25, 0.3) is 0 Å². The predicted octanol–water partition coefficient (Wildman–Crippen LogP) is 5.80. The van der Waals surface area contributed by atoms with Crippen LogP contribution >= 0.6 is 11.3 Å². The zero-order chi connectivity index (χ0) is 25.5. The van der Waals surface area contributed by atoms with E-state index in [0.29, 0.717) is 21.6 Å². The van der Waals surface area contributed by atoms with Gasteiger partial charge in [0.2, 0.25) is 17.2 Å². The van der Waals surface area contributed by atoms with E-state index >= 15 is 0 Å². The highest BCUT2D eigenvalue weighted by atomic mass is 32.1. The van der Waals surface area contributed by atoms with Gasteiger partial charge >= 0.3 is 0 Å². The second-order valence-corrected chi connectivity index (χ2v) is 10.8. The molecule has 1 saturated heterocycles. The van der Waals surface area contributed by atoms with Crippen molar-refractivity contribution in [2.75, 3.05) is 0 Å². The minimum absolute atomic E-state index is 0.254. The first-order chi connectivity index (χ1) is 17.9. The fraction of sp³-hybridized carbons (Fsp3) is 0.161. The van der Waals surface area contributed by atoms with Crippen LogP contribution in [0.15, 0.2) is 90.3 Å². The summed E-state index contributed by atoms with van der Waals surface area (Å²) in [6.07, 6.45) is -1.13. The van der Waals surface area contributed by atoms with Crippen LogP contribution in [0.4, 0.5) is 0 Å². The Labute approximate surface area is 216 Å². The summed E-state index contributed by atoms with van der Waals surface area (Å²) in [5.41, 5.74) is -1.17. The second-order valence-electron chi connectivity index (χ2n) is 9.87. The van der Waals surface area contributed by atoms with Crippen molar-refractivity contribution >= 4 is 34.5 Å². The van der Waals surface area contributed by atoms with Gasteiger partial charge in [-0.05, 0) is 23.9 Å². The molecule has 3 aromatic carbocycles. The molecule has 6 heteroatoms. The lowest BCUT2D eigenvalue weighted by molar-refractivity contribution is -0.0209. The first kappa shape index (κ1) is 22.2. The SMILES string of the molecule is Cc1ccc([C@H]2OC3(C(=O)c4ccccc4C3=O)[C@H](c3cccs3)C23C(=O)c2ccccc2C3=O)cc1. The van der Waals surface area contributed by atoms with Gasteiger partial charge < -0.3 is 4.74 Å². The van der Waals surface area contributed by atoms with Gasteiger partial charge in [-0.15, -0.1) is 11.3 Å². The van der Waals surface area contributed by atoms with Crippen LogP contribution in [0, 0.1) is 12.3 Å². The molecule has 0 N–H and O–H groups in total. The van der Waals surface area contributed by atoms with Gasteiger partial charge in [-0.25, -0.2) is 0 Å². The smallest absolute Gasteiger partial charge is 0.204 e. The van der Waals surface area contributed by atoms with Gasteiger partial charge in [-0.3, -0.25) is 19.2 Å². The maximum absolute atomic E-state index is 14.5. The molecule has 0 radical (unpaired) electrons. The molecule has 1 aliphatic heterocycles. The van der Waals surface area contributed by atoms with E-state index < -0.39 is 46.2 Å². The molecular weight excluding hydrogens is 484 g/mol. The summed E-state index contributed by atoms with van der Waals surface area (Å²) in [4.78, 5) is 58.0. The minimum Gasteiger partial charge on any atom is -0.348 e. The number of fused-ring (bicyclic) bond motifs is 2.